The Hall–Kier alpha value is -4.58. The molecule has 0 saturated heterocycles. The number of hydrogen-bond acceptors (Lipinski definition) is 6. The largest absolute Gasteiger partial charge is 0.417 e. The van der Waals surface area contributed by atoms with Crippen molar-refractivity contribution >= 4 is 45.9 Å². The molecule has 13 heteroatoms. The summed E-state index contributed by atoms with van der Waals surface area (Å²) in [5.74, 6) is -1.23. The summed E-state index contributed by atoms with van der Waals surface area (Å²) in [7, 11) is 0. The predicted molar refractivity (Wildman–Crippen MR) is 129 cm³/mol. The van der Waals surface area contributed by atoms with Gasteiger partial charge in [0.15, 0.2) is 5.65 Å². The van der Waals surface area contributed by atoms with Gasteiger partial charge in [-0.2, -0.15) is 13.2 Å². The lowest BCUT2D eigenvalue weighted by Gasteiger charge is -2.14. The molecule has 0 radical (unpaired) electrons. The van der Waals surface area contributed by atoms with E-state index in [0.717, 1.165) is 18.2 Å². The average molecular weight is 528 g/mol. The van der Waals surface area contributed by atoms with Crippen molar-refractivity contribution in [3.63, 3.8) is 0 Å². The highest BCUT2D eigenvalue weighted by Crippen LogP contribution is 2.35. The zero-order chi connectivity index (χ0) is 26.2. The SMILES string of the molecule is O=C(Nc1ccc(F)c(Nc2ncccc2-c2ncnc3nc[nH]c23)c1)c1ccc(Cl)c(C(F)(F)F)c1. The minimum absolute atomic E-state index is 0.0419. The lowest BCUT2D eigenvalue weighted by molar-refractivity contribution is -0.137. The Bertz CT molecular complexity index is 1640. The molecule has 186 valence electrons. The van der Waals surface area contributed by atoms with Crippen molar-refractivity contribution in [1.82, 2.24) is 24.9 Å². The van der Waals surface area contributed by atoms with Gasteiger partial charge in [0, 0.05) is 23.0 Å². The van der Waals surface area contributed by atoms with E-state index in [1.54, 1.807) is 12.1 Å². The molecule has 3 N–H and O–H groups in total. The van der Waals surface area contributed by atoms with Gasteiger partial charge >= 0.3 is 6.18 Å². The topological polar surface area (TPSA) is 108 Å². The van der Waals surface area contributed by atoms with Gasteiger partial charge in [-0.15, -0.1) is 0 Å². The first-order chi connectivity index (χ1) is 17.7. The maximum absolute atomic E-state index is 14.7. The molecule has 0 saturated carbocycles. The number of carbonyl (C=O) groups excluding carboxylic acids is 1. The fourth-order valence-electron chi connectivity index (χ4n) is 3.58. The Morgan fingerprint density at radius 1 is 1.00 bits per heavy atom. The second-order valence-electron chi connectivity index (χ2n) is 7.69. The summed E-state index contributed by atoms with van der Waals surface area (Å²) < 4.78 is 54.2. The number of anilines is 3. The molecule has 5 rings (SSSR count). The third-order valence-electron chi connectivity index (χ3n) is 5.30. The molecule has 0 aliphatic rings. The number of halogens is 5. The van der Waals surface area contributed by atoms with Crippen molar-refractivity contribution in [3.8, 4) is 11.3 Å². The molecule has 8 nitrogen and oxygen atoms in total. The Morgan fingerprint density at radius 2 is 1.84 bits per heavy atom. The van der Waals surface area contributed by atoms with Crippen LogP contribution >= 0.6 is 11.6 Å². The highest BCUT2D eigenvalue weighted by atomic mass is 35.5. The summed E-state index contributed by atoms with van der Waals surface area (Å²) in [6.45, 7) is 0. The first kappa shape index (κ1) is 24.1. The fraction of sp³-hybridized carbons (Fsp3) is 0.0417. The quantitative estimate of drug-likeness (QED) is 0.234. The number of fused-ring (bicyclic) bond motifs is 1. The monoisotopic (exact) mass is 527 g/mol. The summed E-state index contributed by atoms with van der Waals surface area (Å²) in [6.07, 6.45) is -0.422. The van der Waals surface area contributed by atoms with E-state index >= 15 is 0 Å². The number of alkyl halides is 3. The molecule has 0 spiro atoms. The first-order valence-corrected chi connectivity index (χ1v) is 10.9. The lowest BCUT2D eigenvalue weighted by Crippen LogP contribution is -2.14. The molecule has 2 aromatic carbocycles. The van der Waals surface area contributed by atoms with Crippen molar-refractivity contribution in [2.75, 3.05) is 10.6 Å². The van der Waals surface area contributed by atoms with Gasteiger partial charge in [-0.25, -0.2) is 24.3 Å². The maximum Gasteiger partial charge on any atom is 0.417 e. The van der Waals surface area contributed by atoms with Crippen LogP contribution in [-0.4, -0.2) is 30.8 Å². The second kappa shape index (κ2) is 9.47. The number of nitrogens with zero attached hydrogens (tertiary/aromatic N) is 4. The third-order valence-corrected chi connectivity index (χ3v) is 5.63. The summed E-state index contributed by atoms with van der Waals surface area (Å²) in [5.41, 5.74) is 0.678. The molecule has 0 aliphatic heterocycles. The molecule has 0 atom stereocenters. The maximum atomic E-state index is 14.7. The van der Waals surface area contributed by atoms with Gasteiger partial charge in [0.1, 0.15) is 29.2 Å². The molecule has 0 fully saturated rings. The van der Waals surface area contributed by atoms with Gasteiger partial charge in [0.25, 0.3) is 5.91 Å². The number of nitrogens with one attached hydrogen (secondary N) is 3. The van der Waals surface area contributed by atoms with E-state index < -0.39 is 28.5 Å². The van der Waals surface area contributed by atoms with Crippen LogP contribution in [0.15, 0.2) is 67.4 Å². The van der Waals surface area contributed by atoms with E-state index in [-0.39, 0.29) is 22.8 Å². The number of hydrogen-bond donors (Lipinski definition) is 3. The number of imidazole rings is 1. The molecule has 0 bridgehead atoms. The first-order valence-electron chi connectivity index (χ1n) is 10.5. The Kier molecular flexibility index (Phi) is 6.17. The highest BCUT2D eigenvalue weighted by molar-refractivity contribution is 6.31. The van der Waals surface area contributed by atoms with E-state index in [0.29, 0.717) is 28.5 Å². The molecule has 0 unspecified atom stereocenters. The molecule has 3 aromatic heterocycles. The van der Waals surface area contributed by atoms with Crippen molar-refractivity contribution in [2.45, 2.75) is 6.18 Å². The molecular formula is C24H14ClF4N7O. The normalized spacial score (nSPS) is 11.5. The van der Waals surface area contributed by atoms with Crippen LogP contribution in [0.2, 0.25) is 5.02 Å². The number of H-pyrrole nitrogens is 1. The Morgan fingerprint density at radius 3 is 2.65 bits per heavy atom. The second-order valence-corrected chi connectivity index (χ2v) is 8.10. The van der Waals surface area contributed by atoms with Crippen LogP contribution in [0.4, 0.5) is 34.8 Å². The Balaban J connectivity index is 1.44. The van der Waals surface area contributed by atoms with Gasteiger partial charge in [-0.1, -0.05) is 11.6 Å². The van der Waals surface area contributed by atoms with Crippen LogP contribution in [0.1, 0.15) is 15.9 Å². The standard InChI is InChI=1S/C24H14ClF4N7O/c25-16-5-3-12(8-15(16)24(27,28)29)23(37)35-13-4-6-17(26)18(9-13)36-21-14(2-1-7-30-21)19-20-22(33-10-31-19)34-11-32-20/h1-11H,(H,30,36)(H,35,37)(H,31,32,33,34). The summed E-state index contributed by atoms with van der Waals surface area (Å²) in [5, 5.41) is 4.83. The van der Waals surface area contributed by atoms with E-state index in [9.17, 15) is 22.4 Å². The number of amides is 1. The number of rotatable bonds is 5. The third kappa shape index (κ3) is 4.91. The summed E-state index contributed by atoms with van der Waals surface area (Å²) in [6, 6.07) is 9.87. The number of aromatic nitrogens is 5. The molecular weight excluding hydrogens is 514 g/mol. The number of aromatic amines is 1. The van der Waals surface area contributed by atoms with Crippen molar-refractivity contribution in [2.24, 2.45) is 0 Å². The van der Waals surface area contributed by atoms with Crippen LogP contribution < -0.4 is 10.6 Å². The minimum Gasteiger partial charge on any atom is -0.341 e. The molecule has 0 aliphatic carbocycles. The fourth-order valence-corrected chi connectivity index (χ4v) is 3.80. The van der Waals surface area contributed by atoms with E-state index in [4.69, 9.17) is 11.6 Å². The van der Waals surface area contributed by atoms with E-state index in [2.05, 4.69) is 35.6 Å². The van der Waals surface area contributed by atoms with E-state index in [1.807, 2.05) is 0 Å². The summed E-state index contributed by atoms with van der Waals surface area (Å²) >= 11 is 5.62. The lowest BCUT2D eigenvalue weighted by atomic mass is 10.1. The van der Waals surface area contributed by atoms with Crippen LogP contribution in [0.3, 0.4) is 0 Å². The molecule has 3 heterocycles. The minimum atomic E-state index is -4.73. The van der Waals surface area contributed by atoms with Gasteiger partial charge in [-0.05, 0) is 48.5 Å². The van der Waals surface area contributed by atoms with Crippen LogP contribution in [0.5, 0.6) is 0 Å². The van der Waals surface area contributed by atoms with Gasteiger partial charge in [-0.3, -0.25) is 4.79 Å². The van der Waals surface area contributed by atoms with Crippen molar-refractivity contribution < 1.29 is 22.4 Å². The molecule has 37 heavy (non-hydrogen) atoms. The van der Waals surface area contributed by atoms with Gasteiger partial charge < -0.3 is 15.6 Å². The number of pyridine rings is 1. The van der Waals surface area contributed by atoms with Gasteiger partial charge in [0.05, 0.1) is 22.6 Å². The smallest absolute Gasteiger partial charge is 0.341 e. The van der Waals surface area contributed by atoms with Crippen LogP contribution in [0, 0.1) is 5.82 Å². The average Bonchev–Trinajstić information content (AvgIpc) is 3.35. The zero-order valence-electron chi connectivity index (χ0n) is 18.4. The number of carbonyl (C=O) groups is 1. The molecule has 5 aromatic rings. The van der Waals surface area contributed by atoms with Crippen molar-refractivity contribution in [3.05, 3.63) is 89.3 Å². The Labute approximate surface area is 210 Å². The van der Waals surface area contributed by atoms with E-state index in [1.165, 1.54) is 31.0 Å². The number of benzene rings is 2. The highest BCUT2D eigenvalue weighted by Gasteiger charge is 2.33. The van der Waals surface area contributed by atoms with Crippen molar-refractivity contribution in [1.29, 1.82) is 0 Å². The zero-order valence-corrected chi connectivity index (χ0v) is 19.2. The van der Waals surface area contributed by atoms with Crippen LogP contribution in [-0.2, 0) is 6.18 Å². The molecule has 1 amide bonds. The van der Waals surface area contributed by atoms with Gasteiger partial charge in [0.2, 0.25) is 0 Å². The predicted octanol–water partition coefficient (Wildman–Crippen LogP) is 6.22. The van der Waals surface area contributed by atoms with Crippen LogP contribution in [0.25, 0.3) is 22.4 Å². The summed E-state index contributed by atoms with van der Waals surface area (Å²) in [4.78, 5) is 32.3.